The SMILES string of the molecule is CC/C=C\CC(CC)c1ccc(C)cc1. The van der Waals surface area contributed by atoms with Crippen LogP contribution in [0.15, 0.2) is 36.4 Å². The van der Waals surface area contributed by atoms with E-state index in [1.807, 2.05) is 0 Å². The van der Waals surface area contributed by atoms with Crippen LogP contribution in [0.3, 0.4) is 0 Å². The monoisotopic (exact) mass is 202 g/mol. The predicted molar refractivity (Wildman–Crippen MR) is 68.3 cm³/mol. The first-order chi connectivity index (χ1) is 7.27. The van der Waals surface area contributed by atoms with Crippen LogP contribution in [-0.4, -0.2) is 0 Å². The summed E-state index contributed by atoms with van der Waals surface area (Å²) in [7, 11) is 0. The Morgan fingerprint density at radius 3 is 2.27 bits per heavy atom. The average Bonchev–Trinajstić information content (AvgIpc) is 2.26. The van der Waals surface area contributed by atoms with E-state index in [1.165, 1.54) is 24.0 Å². The Labute approximate surface area is 94.0 Å². The molecule has 0 bridgehead atoms. The molecule has 0 heteroatoms. The van der Waals surface area contributed by atoms with E-state index >= 15 is 0 Å². The summed E-state index contributed by atoms with van der Waals surface area (Å²) in [4.78, 5) is 0. The summed E-state index contributed by atoms with van der Waals surface area (Å²) in [6.07, 6.45) is 8.11. The molecule has 1 unspecified atom stereocenters. The molecule has 0 saturated heterocycles. The number of aryl methyl sites for hydroxylation is 1. The molecule has 0 saturated carbocycles. The maximum absolute atomic E-state index is 2.31. The Balaban J connectivity index is 2.65. The van der Waals surface area contributed by atoms with Gasteiger partial charge in [-0.1, -0.05) is 55.8 Å². The predicted octanol–water partition coefficient (Wildman–Crippen LogP) is 4.84. The van der Waals surface area contributed by atoms with Crippen LogP contribution >= 0.6 is 0 Å². The molecule has 0 aliphatic carbocycles. The standard InChI is InChI=1S/C15H22/c1-4-6-7-8-14(5-2)15-11-9-13(3)10-12-15/h6-7,9-12,14H,4-5,8H2,1-3H3/b7-6-. The van der Waals surface area contributed by atoms with Gasteiger partial charge in [0.25, 0.3) is 0 Å². The molecular weight excluding hydrogens is 180 g/mol. The normalized spacial score (nSPS) is 13.3. The van der Waals surface area contributed by atoms with Crippen LogP contribution in [0.5, 0.6) is 0 Å². The van der Waals surface area contributed by atoms with Crippen molar-refractivity contribution < 1.29 is 0 Å². The minimum atomic E-state index is 0.688. The topological polar surface area (TPSA) is 0 Å². The van der Waals surface area contributed by atoms with E-state index in [0.29, 0.717) is 5.92 Å². The fourth-order valence-electron chi connectivity index (χ4n) is 1.80. The maximum Gasteiger partial charge on any atom is -0.0130 e. The Morgan fingerprint density at radius 2 is 1.73 bits per heavy atom. The van der Waals surface area contributed by atoms with Crippen LogP contribution in [0.4, 0.5) is 0 Å². The Kier molecular flexibility index (Phi) is 5.17. The average molecular weight is 202 g/mol. The summed E-state index contributed by atoms with van der Waals surface area (Å²) in [5, 5.41) is 0. The summed E-state index contributed by atoms with van der Waals surface area (Å²) in [5.41, 5.74) is 2.82. The summed E-state index contributed by atoms with van der Waals surface area (Å²) >= 11 is 0. The van der Waals surface area contributed by atoms with Gasteiger partial charge in [-0.05, 0) is 37.7 Å². The Hall–Kier alpha value is -1.04. The van der Waals surface area contributed by atoms with E-state index in [1.54, 1.807) is 0 Å². The fourth-order valence-corrected chi connectivity index (χ4v) is 1.80. The zero-order valence-electron chi connectivity index (χ0n) is 10.2. The highest BCUT2D eigenvalue weighted by atomic mass is 14.1. The van der Waals surface area contributed by atoms with Crippen molar-refractivity contribution in [2.24, 2.45) is 0 Å². The minimum Gasteiger partial charge on any atom is -0.0888 e. The highest BCUT2D eigenvalue weighted by Gasteiger charge is 2.06. The van der Waals surface area contributed by atoms with Crippen molar-refractivity contribution in [1.82, 2.24) is 0 Å². The van der Waals surface area contributed by atoms with Gasteiger partial charge in [-0.3, -0.25) is 0 Å². The van der Waals surface area contributed by atoms with Crippen LogP contribution in [-0.2, 0) is 0 Å². The van der Waals surface area contributed by atoms with Crippen LogP contribution in [0, 0.1) is 6.92 Å². The van der Waals surface area contributed by atoms with Crippen molar-refractivity contribution in [3.8, 4) is 0 Å². The maximum atomic E-state index is 2.31. The van der Waals surface area contributed by atoms with Gasteiger partial charge < -0.3 is 0 Å². The third-order valence-corrected chi connectivity index (χ3v) is 2.86. The second-order valence-corrected chi connectivity index (χ2v) is 4.13. The Morgan fingerprint density at radius 1 is 1.07 bits per heavy atom. The van der Waals surface area contributed by atoms with Crippen molar-refractivity contribution in [3.63, 3.8) is 0 Å². The van der Waals surface area contributed by atoms with Gasteiger partial charge in [0, 0.05) is 0 Å². The first-order valence-corrected chi connectivity index (χ1v) is 5.99. The van der Waals surface area contributed by atoms with Crippen molar-refractivity contribution in [3.05, 3.63) is 47.5 Å². The van der Waals surface area contributed by atoms with Gasteiger partial charge in [0.15, 0.2) is 0 Å². The lowest BCUT2D eigenvalue weighted by Gasteiger charge is -2.13. The molecule has 0 aliphatic rings. The van der Waals surface area contributed by atoms with Crippen molar-refractivity contribution in [2.45, 2.75) is 46.0 Å². The molecule has 0 aromatic heterocycles. The van der Waals surface area contributed by atoms with Gasteiger partial charge in [0.1, 0.15) is 0 Å². The van der Waals surface area contributed by atoms with E-state index in [0.717, 1.165) is 6.42 Å². The number of allylic oxidation sites excluding steroid dienone is 2. The van der Waals surface area contributed by atoms with Gasteiger partial charge in [-0.2, -0.15) is 0 Å². The second kappa shape index (κ2) is 6.44. The summed E-state index contributed by atoms with van der Waals surface area (Å²) in [6, 6.07) is 8.95. The third kappa shape index (κ3) is 3.91. The van der Waals surface area contributed by atoms with Crippen LogP contribution < -0.4 is 0 Å². The molecule has 1 aromatic rings. The van der Waals surface area contributed by atoms with E-state index in [4.69, 9.17) is 0 Å². The first kappa shape index (κ1) is 12.0. The Bertz CT molecular complexity index is 292. The molecule has 0 radical (unpaired) electrons. The largest absolute Gasteiger partial charge is 0.0888 e. The van der Waals surface area contributed by atoms with Gasteiger partial charge >= 0.3 is 0 Å². The van der Waals surface area contributed by atoms with Crippen molar-refractivity contribution >= 4 is 0 Å². The van der Waals surface area contributed by atoms with E-state index < -0.39 is 0 Å². The van der Waals surface area contributed by atoms with Gasteiger partial charge in [-0.25, -0.2) is 0 Å². The highest BCUT2D eigenvalue weighted by Crippen LogP contribution is 2.23. The number of hydrogen-bond acceptors (Lipinski definition) is 0. The molecule has 0 nitrogen and oxygen atoms in total. The quantitative estimate of drug-likeness (QED) is 0.599. The van der Waals surface area contributed by atoms with Crippen LogP contribution in [0.2, 0.25) is 0 Å². The minimum absolute atomic E-state index is 0.688. The first-order valence-electron chi connectivity index (χ1n) is 5.99. The molecule has 0 N–H and O–H groups in total. The number of hydrogen-bond donors (Lipinski definition) is 0. The molecule has 1 rings (SSSR count). The smallest absolute Gasteiger partial charge is 0.0130 e. The molecule has 1 aromatic carbocycles. The fraction of sp³-hybridized carbons (Fsp3) is 0.467. The molecule has 82 valence electrons. The molecule has 1 atom stereocenters. The van der Waals surface area contributed by atoms with Gasteiger partial charge in [0.2, 0.25) is 0 Å². The van der Waals surface area contributed by atoms with E-state index in [-0.39, 0.29) is 0 Å². The zero-order valence-corrected chi connectivity index (χ0v) is 10.2. The summed E-state index contributed by atoms with van der Waals surface area (Å²) in [6.45, 7) is 6.59. The summed E-state index contributed by atoms with van der Waals surface area (Å²) < 4.78 is 0. The van der Waals surface area contributed by atoms with Crippen LogP contribution in [0.1, 0.15) is 50.2 Å². The lowest BCUT2D eigenvalue weighted by Crippen LogP contribution is -1.95. The number of benzene rings is 1. The molecule has 0 aliphatic heterocycles. The third-order valence-electron chi connectivity index (χ3n) is 2.86. The van der Waals surface area contributed by atoms with E-state index in [2.05, 4.69) is 57.2 Å². The van der Waals surface area contributed by atoms with Crippen molar-refractivity contribution in [2.75, 3.05) is 0 Å². The van der Waals surface area contributed by atoms with Crippen LogP contribution in [0.25, 0.3) is 0 Å². The molecule has 0 fully saturated rings. The highest BCUT2D eigenvalue weighted by molar-refractivity contribution is 5.24. The second-order valence-electron chi connectivity index (χ2n) is 4.13. The zero-order chi connectivity index (χ0) is 11.1. The van der Waals surface area contributed by atoms with Crippen molar-refractivity contribution in [1.29, 1.82) is 0 Å². The van der Waals surface area contributed by atoms with E-state index in [9.17, 15) is 0 Å². The van der Waals surface area contributed by atoms with Gasteiger partial charge in [-0.15, -0.1) is 0 Å². The molecule has 0 spiro atoms. The molecule has 15 heavy (non-hydrogen) atoms. The molecule has 0 heterocycles. The molecule has 0 amide bonds. The summed E-state index contributed by atoms with van der Waals surface area (Å²) in [5.74, 6) is 0.688. The molecular formula is C15H22. The lowest BCUT2D eigenvalue weighted by molar-refractivity contribution is 0.673. The number of rotatable bonds is 5. The lowest BCUT2D eigenvalue weighted by atomic mass is 9.92. The van der Waals surface area contributed by atoms with Gasteiger partial charge in [0.05, 0.1) is 0 Å².